The van der Waals surface area contributed by atoms with Gasteiger partial charge >= 0.3 is 0 Å². The van der Waals surface area contributed by atoms with Crippen molar-refractivity contribution in [2.75, 3.05) is 36.4 Å². The van der Waals surface area contributed by atoms with Gasteiger partial charge in [-0.2, -0.15) is 4.31 Å². The third-order valence-electron chi connectivity index (χ3n) is 10.5. The lowest BCUT2D eigenvalue weighted by Gasteiger charge is -2.59. The molecule has 0 unspecified atom stereocenters. The Kier molecular flexibility index (Phi) is 6.50. The van der Waals surface area contributed by atoms with Crippen LogP contribution in [-0.4, -0.2) is 49.9 Å². The molecule has 41 heavy (non-hydrogen) atoms. The smallest absolute Gasteiger partial charge is 0.292 e. The Balaban J connectivity index is 1.07. The first-order valence-electron chi connectivity index (χ1n) is 15.0. The molecule has 5 fully saturated rings. The van der Waals surface area contributed by atoms with Crippen LogP contribution in [-0.2, 0) is 10.0 Å². The van der Waals surface area contributed by atoms with Gasteiger partial charge in [-0.25, -0.2) is 8.42 Å². The van der Waals surface area contributed by atoms with Gasteiger partial charge in [0.25, 0.3) is 5.69 Å². The molecule has 4 saturated carbocycles. The molecule has 5 aliphatic rings. The second-order valence-electron chi connectivity index (χ2n) is 13.0. The molecule has 0 spiro atoms. The summed E-state index contributed by atoms with van der Waals surface area (Å²) in [6.07, 6.45) is 7.79. The Bertz CT molecular complexity index is 1560. The van der Waals surface area contributed by atoms with E-state index in [1.807, 2.05) is 36.4 Å². The lowest BCUT2D eigenvalue weighted by atomic mass is 9.48. The molecule has 3 aromatic rings. The summed E-state index contributed by atoms with van der Waals surface area (Å²) in [6, 6.07) is 18.5. The molecule has 1 atom stereocenters. The van der Waals surface area contributed by atoms with Gasteiger partial charge in [-0.1, -0.05) is 30.3 Å². The number of hydrogen-bond acceptors (Lipinski definition) is 6. The minimum Gasteiger partial charge on any atom is -0.376 e. The molecule has 0 aromatic heterocycles. The number of nitrogens with one attached hydrogen (secondary N) is 1. The number of nitro benzene ring substituents is 1. The van der Waals surface area contributed by atoms with Crippen LogP contribution in [0.2, 0.25) is 0 Å². The lowest BCUT2D eigenvalue weighted by Crippen LogP contribution is -2.53. The highest BCUT2D eigenvalue weighted by molar-refractivity contribution is 7.89. The van der Waals surface area contributed by atoms with Gasteiger partial charge in [-0.15, -0.1) is 0 Å². The van der Waals surface area contributed by atoms with E-state index in [0.717, 1.165) is 34.2 Å². The molecule has 4 bridgehead atoms. The first kappa shape index (κ1) is 26.7. The van der Waals surface area contributed by atoms with Crippen molar-refractivity contribution in [1.29, 1.82) is 0 Å². The van der Waals surface area contributed by atoms with E-state index in [1.165, 1.54) is 38.5 Å². The summed E-state index contributed by atoms with van der Waals surface area (Å²) >= 11 is 0. The van der Waals surface area contributed by atoms with Gasteiger partial charge in [0.05, 0.1) is 9.82 Å². The highest BCUT2D eigenvalue weighted by Crippen LogP contribution is 2.61. The number of fused-ring (bicyclic) bond motifs is 1. The lowest BCUT2D eigenvalue weighted by molar-refractivity contribution is -0.384. The number of anilines is 2. The van der Waals surface area contributed by atoms with Crippen LogP contribution in [0.1, 0.15) is 45.4 Å². The predicted octanol–water partition coefficient (Wildman–Crippen LogP) is 6.28. The molecule has 1 heterocycles. The maximum atomic E-state index is 13.5. The molecule has 1 saturated heterocycles. The second kappa shape index (κ2) is 9.98. The van der Waals surface area contributed by atoms with Gasteiger partial charge < -0.3 is 10.2 Å². The highest BCUT2D eigenvalue weighted by Gasteiger charge is 2.53. The van der Waals surface area contributed by atoms with E-state index in [9.17, 15) is 18.5 Å². The molecule has 8 nitrogen and oxygen atoms in total. The molecule has 216 valence electrons. The first-order chi connectivity index (χ1) is 19.7. The second-order valence-corrected chi connectivity index (χ2v) is 14.9. The van der Waals surface area contributed by atoms with Gasteiger partial charge in [-0.3, -0.25) is 10.1 Å². The molecule has 1 N–H and O–H groups in total. The Labute approximate surface area is 241 Å². The average molecular weight is 575 g/mol. The van der Waals surface area contributed by atoms with E-state index in [-0.39, 0.29) is 22.1 Å². The zero-order chi connectivity index (χ0) is 28.4. The summed E-state index contributed by atoms with van der Waals surface area (Å²) in [4.78, 5) is 14.1. The van der Waals surface area contributed by atoms with E-state index in [2.05, 4.69) is 17.1 Å². The fourth-order valence-corrected chi connectivity index (χ4v) is 10.2. The highest BCUT2D eigenvalue weighted by atomic mass is 32.2. The van der Waals surface area contributed by atoms with E-state index < -0.39 is 10.0 Å². The van der Waals surface area contributed by atoms with Gasteiger partial charge in [-0.05, 0) is 104 Å². The molecular weight excluding hydrogens is 536 g/mol. The van der Waals surface area contributed by atoms with Gasteiger partial charge in [0.1, 0.15) is 5.69 Å². The van der Waals surface area contributed by atoms with Crippen LogP contribution in [0.15, 0.2) is 65.6 Å². The van der Waals surface area contributed by atoms with Crippen molar-refractivity contribution in [2.24, 2.45) is 23.2 Å². The maximum Gasteiger partial charge on any atom is 0.292 e. The SMILES string of the molecule is C[C@H](Nc1cc(N2CCN(S(=O)(=O)c3ccc4ccccc4c3)CC2)ccc1[N+](=O)[O-])C12CC3CC(CC(C3)C1)C2. The van der Waals surface area contributed by atoms with Crippen LogP contribution >= 0.6 is 0 Å². The van der Waals surface area contributed by atoms with Crippen molar-refractivity contribution in [3.8, 4) is 0 Å². The number of hydrogen-bond donors (Lipinski definition) is 1. The summed E-state index contributed by atoms with van der Waals surface area (Å²) in [7, 11) is -3.62. The number of rotatable bonds is 7. The summed E-state index contributed by atoms with van der Waals surface area (Å²) < 4.78 is 28.5. The Morgan fingerprint density at radius 1 is 0.878 bits per heavy atom. The topological polar surface area (TPSA) is 95.8 Å². The Hall–Kier alpha value is -3.17. The average Bonchev–Trinajstić information content (AvgIpc) is 2.96. The molecular formula is C32H38N4O4S. The number of nitro groups is 1. The van der Waals surface area contributed by atoms with E-state index >= 15 is 0 Å². The number of piperazine rings is 1. The van der Waals surface area contributed by atoms with Crippen molar-refractivity contribution < 1.29 is 13.3 Å². The predicted molar refractivity (Wildman–Crippen MR) is 162 cm³/mol. The van der Waals surface area contributed by atoms with E-state index in [4.69, 9.17) is 0 Å². The van der Waals surface area contributed by atoms with Crippen LogP contribution < -0.4 is 10.2 Å². The Morgan fingerprint density at radius 3 is 2.15 bits per heavy atom. The van der Waals surface area contributed by atoms with E-state index in [0.29, 0.717) is 36.8 Å². The zero-order valence-electron chi connectivity index (χ0n) is 23.5. The molecule has 9 heteroatoms. The molecule has 1 aliphatic heterocycles. The van der Waals surface area contributed by atoms with Crippen LogP contribution in [0.25, 0.3) is 10.8 Å². The van der Waals surface area contributed by atoms with Crippen molar-refractivity contribution in [3.05, 3.63) is 70.8 Å². The number of benzene rings is 3. The van der Waals surface area contributed by atoms with Crippen molar-refractivity contribution in [1.82, 2.24) is 4.31 Å². The summed E-state index contributed by atoms with van der Waals surface area (Å²) in [5, 5.41) is 17.5. The fourth-order valence-electron chi connectivity index (χ4n) is 8.75. The van der Waals surface area contributed by atoms with Crippen LogP contribution in [0.4, 0.5) is 17.1 Å². The van der Waals surface area contributed by atoms with Crippen LogP contribution in [0.5, 0.6) is 0 Å². The first-order valence-corrected chi connectivity index (χ1v) is 16.4. The van der Waals surface area contributed by atoms with Gasteiger partial charge in [0.15, 0.2) is 0 Å². The minimum absolute atomic E-state index is 0.0999. The summed E-state index contributed by atoms with van der Waals surface area (Å²) in [5.74, 6) is 2.44. The van der Waals surface area contributed by atoms with Gasteiger partial charge in [0, 0.05) is 44.0 Å². The normalized spacial score (nSPS) is 28.6. The molecule has 3 aromatic carbocycles. The van der Waals surface area contributed by atoms with E-state index in [1.54, 1.807) is 28.6 Å². The quantitative estimate of drug-likeness (QED) is 0.264. The molecule has 0 amide bonds. The standard InChI is InChI=1S/C32H38N4O4S/c1-22(32-19-23-14-24(20-32)16-25(15-23)21-32)33-30-18-28(7-9-31(30)36(37)38)34-10-12-35(13-11-34)41(39,40)29-8-6-26-4-2-3-5-27(26)17-29/h2-9,17-18,22-25,33H,10-16,19-21H2,1H3/t22-,23?,24?,25?,32?/m0/s1. The maximum absolute atomic E-state index is 13.5. The number of nitrogens with zero attached hydrogens (tertiary/aromatic N) is 3. The summed E-state index contributed by atoms with van der Waals surface area (Å²) in [5.41, 5.74) is 1.78. The largest absolute Gasteiger partial charge is 0.376 e. The third-order valence-corrected chi connectivity index (χ3v) is 12.4. The molecule has 8 rings (SSSR count). The Morgan fingerprint density at radius 2 is 1.51 bits per heavy atom. The summed E-state index contributed by atoms with van der Waals surface area (Å²) in [6.45, 7) is 3.99. The fraction of sp³-hybridized carbons (Fsp3) is 0.500. The van der Waals surface area contributed by atoms with Crippen molar-refractivity contribution in [2.45, 2.75) is 56.4 Å². The molecule has 4 aliphatic carbocycles. The number of sulfonamides is 1. The van der Waals surface area contributed by atoms with Crippen molar-refractivity contribution in [3.63, 3.8) is 0 Å². The van der Waals surface area contributed by atoms with Crippen LogP contribution in [0.3, 0.4) is 0 Å². The minimum atomic E-state index is -3.62. The van der Waals surface area contributed by atoms with Crippen molar-refractivity contribution >= 4 is 37.9 Å². The molecule has 0 radical (unpaired) electrons. The zero-order valence-corrected chi connectivity index (χ0v) is 24.4. The third kappa shape index (κ3) is 4.77. The van der Waals surface area contributed by atoms with Gasteiger partial charge in [0.2, 0.25) is 10.0 Å². The van der Waals surface area contributed by atoms with Crippen LogP contribution in [0, 0.1) is 33.3 Å². The monoisotopic (exact) mass is 574 g/mol.